The van der Waals surface area contributed by atoms with Gasteiger partial charge in [-0.2, -0.15) is 5.26 Å². The number of aromatic nitrogens is 3. The van der Waals surface area contributed by atoms with E-state index in [2.05, 4.69) is 42.4 Å². The molecule has 3 aromatic rings. The van der Waals surface area contributed by atoms with E-state index in [1.54, 1.807) is 31.2 Å². The van der Waals surface area contributed by atoms with Crippen LogP contribution in [0.2, 0.25) is 0 Å². The van der Waals surface area contributed by atoms with Crippen LogP contribution in [0.5, 0.6) is 0 Å². The third kappa shape index (κ3) is 5.64. The summed E-state index contributed by atoms with van der Waals surface area (Å²) in [7, 11) is 0. The third-order valence-electron chi connectivity index (χ3n) is 7.09. The van der Waals surface area contributed by atoms with Gasteiger partial charge in [-0.3, -0.25) is 9.36 Å². The van der Waals surface area contributed by atoms with Gasteiger partial charge in [0.15, 0.2) is 11.3 Å². The molecule has 1 N–H and O–H groups in total. The smallest absolute Gasteiger partial charge is 0.338 e. The van der Waals surface area contributed by atoms with Crippen LogP contribution in [-0.2, 0) is 22.4 Å². The summed E-state index contributed by atoms with van der Waals surface area (Å²) in [6.07, 6.45) is 4.03. The number of thiophene rings is 1. The van der Waals surface area contributed by atoms with Gasteiger partial charge >= 0.3 is 5.97 Å². The largest absolute Gasteiger partial charge is 0.449 e. The number of carbonyl (C=O) groups is 2. The van der Waals surface area contributed by atoms with E-state index in [0.717, 1.165) is 41.5 Å². The van der Waals surface area contributed by atoms with E-state index < -0.39 is 18.0 Å². The van der Waals surface area contributed by atoms with Crippen LogP contribution in [0, 0.1) is 29.6 Å². The van der Waals surface area contributed by atoms with Gasteiger partial charge in [-0.1, -0.05) is 39.5 Å². The molecule has 1 aliphatic rings. The summed E-state index contributed by atoms with van der Waals surface area (Å²) in [5, 5.41) is 22.3. The van der Waals surface area contributed by atoms with E-state index in [4.69, 9.17) is 4.74 Å². The van der Waals surface area contributed by atoms with Crippen LogP contribution >= 0.6 is 23.1 Å². The maximum atomic E-state index is 13.1. The number of nitrogens with zero attached hydrogens (tertiary/aromatic N) is 4. The van der Waals surface area contributed by atoms with E-state index in [-0.39, 0.29) is 5.41 Å². The fraction of sp³-hybridized carbons (Fsp3) is 0.464. The van der Waals surface area contributed by atoms with Gasteiger partial charge in [0.05, 0.1) is 11.1 Å². The van der Waals surface area contributed by atoms with Gasteiger partial charge in [0, 0.05) is 10.6 Å². The maximum Gasteiger partial charge on any atom is 0.338 e. The molecule has 4 rings (SSSR count). The zero-order valence-electron chi connectivity index (χ0n) is 22.6. The summed E-state index contributed by atoms with van der Waals surface area (Å²) in [6.45, 7) is 10.4. The molecule has 0 saturated carbocycles. The predicted molar refractivity (Wildman–Crippen MR) is 150 cm³/mol. The lowest BCUT2D eigenvalue weighted by Crippen LogP contribution is -2.32. The molecule has 0 saturated heterocycles. The molecule has 200 valence electrons. The van der Waals surface area contributed by atoms with E-state index >= 15 is 0 Å². The van der Waals surface area contributed by atoms with Crippen molar-refractivity contribution in [3.63, 3.8) is 0 Å². The lowest BCUT2D eigenvalue weighted by Gasteiger charge is -2.33. The number of amides is 1. The van der Waals surface area contributed by atoms with Crippen molar-refractivity contribution in [2.75, 3.05) is 11.6 Å². The number of nitriles is 1. The molecule has 0 aliphatic heterocycles. The molecule has 1 amide bonds. The van der Waals surface area contributed by atoms with Crippen LogP contribution in [0.3, 0.4) is 0 Å². The monoisotopic (exact) mass is 551 g/mol. The van der Waals surface area contributed by atoms with E-state index in [1.807, 2.05) is 17.7 Å². The minimum absolute atomic E-state index is 0.184. The number of thioether (sulfide) groups is 1. The number of fused-ring (bicyclic) bond motifs is 1. The Morgan fingerprint density at radius 2 is 2.00 bits per heavy atom. The maximum absolute atomic E-state index is 13.1. The molecule has 2 atom stereocenters. The number of benzene rings is 1. The van der Waals surface area contributed by atoms with Crippen LogP contribution in [0.1, 0.15) is 72.7 Å². The summed E-state index contributed by atoms with van der Waals surface area (Å²) in [5.74, 6) is 0.266. The zero-order valence-corrected chi connectivity index (χ0v) is 24.3. The molecule has 2 aromatic heterocycles. The SMILES string of the molecule is CCC(OC(=O)c1ccc(-n2c(C)nnc2SC)cc1)C(=O)Nc1sc2c(c1C#N)CCC(C(C)(C)C)C2. The highest BCUT2D eigenvalue weighted by atomic mass is 32.2. The summed E-state index contributed by atoms with van der Waals surface area (Å²) >= 11 is 2.96. The Balaban J connectivity index is 1.46. The highest BCUT2D eigenvalue weighted by Gasteiger charge is 2.33. The first-order valence-corrected chi connectivity index (χ1v) is 14.7. The van der Waals surface area contributed by atoms with Crippen LogP contribution in [0.15, 0.2) is 29.4 Å². The van der Waals surface area contributed by atoms with Crippen LogP contribution in [0.25, 0.3) is 5.69 Å². The lowest BCUT2D eigenvalue weighted by atomic mass is 9.72. The fourth-order valence-electron chi connectivity index (χ4n) is 4.76. The number of nitrogens with one attached hydrogen (secondary N) is 1. The second-order valence-electron chi connectivity index (χ2n) is 10.5. The summed E-state index contributed by atoms with van der Waals surface area (Å²) in [6, 6.07) is 9.22. The number of ether oxygens (including phenoxy) is 1. The zero-order chi connectivity index (χ0) is 27.6. The van der Waals surface area contributed by atoms with E-state index in [0.29, 0.717) is 28.5 Å². The molecule has 10 heteroatoms. The Morgan fingerprint density at radius 3 is 2.61 bits per heavy atom. The molecule has 38 heavy (non-hydrogen) atoms. The first-order chi connectivity index (χ1) is 18.1. The molecule has 0 fully saturated rings. The quantitative estimate of drug-likeness (QED) is 0.285. The second-order valence-corrected chi connectivity index (χ2v) is 12.4. The number of hydrogen-bond acceptors (Lipinski definition) is 8. The summed E-state index contributed by atoms with van der Waals surface area (Å²) in [4.78, 5) is 27.2. The molecular formula is C28H33N5O3S2. The average molecular weight is 552 g/mol. The molecular weight excluding hydrogens is 518 g/mol. The standard InChI is InChI=1S/C28H33N5O3S2/c1-7-22(36-26(35)17-8-11-19(12-9-17)33-16(2)31-32-27(33)37-6)24(34)30-25-21(15-29)20-13-10-18(28(3,4)5)14-23(20)38-25/h8-9,11-12,18,22H,7,10,13-14H2,1-6H3,(H,30,34). The van der Waals surface area contributed by atoms with Crippen molar-refractivity contribution >= 4 is 40.0 Å². The van der Waals surface area contributed by atoms with Crippen LogP contribution in [-0.4, -0.2) is 39.0 Å². The Labute approximate surface area is 231 Å². The van der Waals surface area contributed by atoms with Crippen molar-refractivity contribution in [2.24, 2.45) is 11.3 Å². The number of anilines is 1. The van der Waals surface area contributed by atoms with Crippen LogP contribution < -0.4 is 5.32 Å². The van der Waals surface area contributed by atoms with Crippen molar-refractivity contribution in [3.05, 3.63) is 51.7 Å². The minimum Gasteiger partial charge on any atom is -0.449 e. The highest BCUT2D eigenvalue weighted by molar-refractivity contribution is 7.98. The van der Waals surface area contributed by atoms with Gasteiger partial charge in [0.1, 0.15) is 16.9 Å². The van der Waals surface area contributed by atoms with Crippen molar-refractivity contribution in [3.8, 4) is 11.8 Å². The molecule has 0 radical (unpaired) electrons. The molecule has 8 nitrogen and oxygen atoms in total. The lowest BCUT2D eigenvalue weighted by molar-refractivity contribution is -0.124. The molecule has 1 aromatic carbocycles. The summed E-state index contributed by atoms with van der Waals surface area (Å²) in [5.41, 5.74) is 2.94. The highest BCUT2D eigenvalue weighted by Crippen LogP contribution is 2.44. The van der Waals surface area contributed by atoms with Gasteiger partial charge in [-0.15, -0.1) is 21.5 Å². The van der Waals surface area contributed by atoms with Gasteiger partial charge in [0.25, 0.3) is 5.91 Å². The molecule has 1 aliphatic carbocycles. The molecule has 2 heterocycles. The van der Waals surface area contributed by atoms with Gasteiger partial charge in [-0.05, 0) is 80.0 Å². The van der Waals surface area contributed by atoms with E-state index in [1.165, 1.54) is 28.0 Å². The number of esters is 1. The normalized spacial score (nSPS) is 15.9. The van der Waals surface area contributed by atoms with Gasteiger partial charge < -0.3 is 10.1 Å². The number of carbonyl (C=O) groups excluding carboxylic acids is 2. The van der Waals surface area contributed by atoms with Crippen molar-refractivity contribution < 1.29 is 14.3 Å². The molecule has 2 unspecified atom stereocenters. The second kappa shape index (κ2) is 11.3. The summed E-state index contributed by atoms with van der Waals surface area (Å²) < 4.78 is 7.49. The average Bonchev–Trinajstić information content (AvgIpc) is 3.44. The minimum atomic E-state index is -0.974. The molecule has 0 spiro atoms. The topological polar surface area (TPSA) is 110 Å². The Hall–Kier alpha value is -3.16. The van der Waals surface area contributed by atoms with Gasteiger partial charge in [-0.25, -0.2) is 4.79 Å². The Kier molecular flexibility index (Phi) is 8.28. The van der Waals surface area contributed by atoms with Crippen molar-refractivity contribution in [1.82, 2.24) is 14.8 Å². The van der Waals surface area contributed by atoms with Gasteiger partial charge in [0.2, 0.25) is 0 Å². The van der Waals surface area contributed by atoms with Crippen LogP contribution in [0.4, 0.5) is 5.00 Å². The van der Waals surface area contributed by atoms with Crippen molar-refractivity contribution in [2.45, 2.75) is 71.6 Å². The Bertz CT molecular complexity index is 1380. The number of hydrogen-bond donors (Lipinski definition) is 1. The predicted octanol–water partition coefficient (Wildman–Crippen LogP) is 5.96. The molecule has 0 bridgehead atoms. The van der Waals surface area contributed by atoms with Crippen molar-refractivity contribution in [1.29, 1.82) is 5.26 Å². The van der Waals surface area contributed by atoms with E-state index in [9.17, 15) is 14.9 Å². The fourth-order valence-corrected chi connectivity index (χ4v) is 6.59. The Morgan fingerprint density at radius 1 is 1.29 bits per heavy atom. The first-order valence-electron chi connectivity index (χ1n) is 12.7. The number of rotatable bonds is 7. The third-order valence-corrected chi connectivity index (χ3v) is 8.89. The number of aryl methyl sites for hydroxylation is 1. The first kappa shape index (κ1) is 27.9.